The third kappa shape index (κ3) is 3.97. The fraction of sp³-hybridized carbons (Fsp3) is 0.105. The third-order valence-electron chi connectivity index (χ3n) is 3.81. The molecule has 0 atom stereocenters. The Kier molecular flexibility index (Phi) is 5.14. The highest BCUT2D eigenvalue weighted by Crippen LogP contribution is 2.22. The maximum Gasteiger partial charge on any atom is 0.258 e. The lowest BCUT2D eigenvalue weighted by atomic mass is 10.1. The fourth-order valence-corrected chi connectivity index (χ4v) is 2.59. The van der Waals surface area contributed by atoms with Gasteiger partial charge in [0.05, 0.1) is 10.6 Å². The van der Waals surface area contributed by atoms with Gasteiger partial charge in [-0.2, -0.15) is 0 Å². The number of anilines is 3. The van der Waals surface area contributed by atoms with Crippen molar-refractivity contribution in [2.75, 3.05) is 10.6 Å². The van der Waals surface area contributed by atoms with E-state index in [2.05, 4.69) is 20.6 Å². The summed E-state index contributed by atoms with van der Waals surface area (Å²) in [4.78, 5) is 20.6. The Morgan fingerprint density at radius 3 is 2.35 bits per heavy atom. The molecular weight excluding hydrogens is 355 g/mol. The topological polar surface area (TPSA) is 66.9 Å². The number of hydrogen-bond donors (Lipinski definition) is 2. The van der Waals surface area contributed by atoms with Gasteiger partial charge in [-0.15, -0.1) is 0 Å². The Hall–Kier alpha value is -2.99. The number of hydrogen-bond acceptors (Lipinski definition) is 4. The van der Waals surface area contributed by atoms with Crippen molar-refractivity contribution in [1.29, 1.82) is 0 Å². The van der Waals surface area contributed by atoms with Crippen LogP contribution in [0.1, 0.15) is 21.5 Å². The summed E-state index contributed by atoms with van der Waals surface area (Å²) in [6.07, 6.45) is 2.84. The van der Waals surface area contributed by atoms with Crippen LogP contribution in [0.4, 0.5) is 21.7 Å². The van der Waals surface area contributed by atoms with E-state index < -0.39 is 5.82 Å². The number of carbonyl (C=O) groups is 1. The van der Waals surface area contributed by atoms with E-state index in [1.54, 1.807) is 0 Å². The van der Waals surface area contributed by atoms with Crippen LogP contribution < -0.4 is 10.6 Å². The van der Waals surface area contributed by atoms with Gasteiger partial charge in [-0.1, -0.05) is 29.8 Å². The van der Waals surface area contributed by atoms with Gasteiger partial charge in [-0.05, 0) is 43.2 Å². The highest BCUT2D eigenvalue weighted by atomic mass is 35.5. The SMILES string of the molecule is Cc1cccc(C)c1NC(=O)c1cnc(Nc2ccc(F)c(Cl)c2)nc1. The van der Waals surface area contributed by atoms with Crippen LogP contribution in [0.2, 0.25) is 5.02 Å². The lowest BCUT2D eigenvalue weighted by Crippen LogP contribution is -2.14. The number of benzene rings is 2. The van der Waals surface area contributed by atoms with Gasteiger partial charge in [0.25, 0.3) is 5.91 Å². The van der Waals surface area contributed by atoms with E-state index in [9.17, 15) is 9.18 Å². The van der Waals surface area contributed by atoms with Crippen molar-refractivity contribution in [3.05, 3.63) is 76.3 Å². The fourth-order valence-electron chi connectivity index (χ4n) is 2.41. The molecule has 0 saturated carbocycles. The molecule has 0 radical (unpaired) electrons. The summed E-state index contributed by atoms with van der Waals surface area (Å²) in [5.41, 5.74) is 3.61. The summed E-state index contributed by atoms with van der Waals surface area (Å²) in [6, 6.07) is 10.00. The van der Waals surface area contributed by atoms with Crippen LogP contribution in [0.5, 0.6) is 0 Å². The van der Waals surface area contributed by atoms with E-state index in [0.717, 1.165) is 16.8 Å². The standard InChI is InChI=1S/C19H16ClFN4O/c1-11-4-3-5-12(2)17(11)25-18(26)13-9-22-19(23-10-13)24-14-6-7-16(21)15(20)8-14/h3-10H,1-2H3,(H,25,26)(H,22,23,24). The van der Waals surface area contributed by atoms with Crippen molar-refractivity contribution < 1.29 is 9.18 Å². The minimum atomic E-state index is -0.503. The molecule has 3 aromatic rings. The van der Waals surface area contributed by atoms with Crippen molar-refractivity contribution in [2.24, 2.45) is 0 Å². The number of para-hydroxylation sites is 1. The van der Waals surface area contributed by atoms with Gasteiger partial charge in [-0.3, -0.25) is 4.79 Å². The molecule has 132 valence electrons. The van der Waals surface area contributed by atoms with Gasteiger partial charge in [0.2, 0.25) is 5.95 Å². The molecule has 7 heteroatoms. The summed E-state index contributed by atoms with van der Waals surface area (Å²) in [5, 5.41) is 5.78. The molecule has 0 aliphatic rings. The number of aryl methyl sites for hydroxylation is 2. The number of amides is 1. The third-order valence-corrected chi connectivity index (χ3v) is 4.10. The maximum atomic E-state index is 13.2. The molecule has 0 bridgehead atoms. The smallest absolute Gasteiger partial charge is 0.258 e. The molecule has 3 rings (SSSR count). The second kappa shape index (κ2) is 7.49. The molecular formula is C19H16ClFN4O. The highest BCUT2D eigenvalue weighted by Gasteiger charge is 2.11. The molecule has 1 heterocycles. The van der Waals surface area contributed by atoms with Crippen LogP contribution in [-0.2, 0) is 0 Å². The van der Waals surface area contributed by atoms with Gasteiger partial charge in [0.15, 0.2) is 0 Å². The van der Waals surface area contributed by atoms with Crippen molar-refractivity contribution in [3.8, 4) is 0 Å². The van der Waals surface area contributed by atoms with E-state index >= 15 is 0 Å². The Morgan fingerprint density at radius 1 is 1.08 bits per heavy atom. The average Bonchev–Trinajstić information content (AvgIpc) is 2.62. The molecule has 5 nitrogen and oxygen atoms in total. The predicted molar refractivity (Wildman–Crippen MR) is 101 cm³/mol. The number of nitrogens with one attached hydrogen (secondary N) is 2. The molecule has 0 unspecified atom stereocenters. The zero-order chi connectivity index (χ0) is 18.7. The first kappa shape index (κ1) is 17.8. The van der Waals surface area contributed by atoms with Crippen molar-refractivity contribution in [2.45, 2.75) is 13.8 Å². The van der Waals surface area contributed by atoms with Gasteiger partial charge < -0.3 is 10.6 Å². The predicted octanol–water partition coefficient (Wildman–Crippen LogP) is 4.88. The molecule has 0 aliphatic heterocycles. The first-order chi connectivity index (χ1) is 12.4. The lowest BCUT2D eigenvalue weighted by molar-refractivity contribution is 0.102. The zero-order valence-electron chi connectivity index (χ0n) is 14.2. The first-order valence-electron chi connectivity index (χ1n) is 7.86. The quantitative estimate of drug-likeness (QED) is 0.686. The van der Waals surface area contributed by atoms with Crippen molar-refractivity contribution in [3.63, 3.8) is 0 Å². The molecule has 0 spiro atoms. The Balaban J connectivity index is 1.72. The molecule has 26 heavy (non-hydrogen) atoms. The summed E-state index contributed by atoms with van der Waals surface area (Å²) in [7, 11) is 0. The number of nitrogens with zero attached hydrogens (tertiary/aromatic N) is 2. The normalized spacial score (nSPS) is 10.5. The summed E-state index contributed by atoms with van der Waals surface area (Å²) < 4.78 is 13.2. The summed E-state index contributed by atoms with van der Waals surface area (Å²) >= 11 is 5.74. The molecule has 1 aromatic heterocycles. The molecule has 2 aromatic carbocycles. The molecule has 2 N–H and O–H groups in total. The van der Waals surface area contributed by atoms with Crippen LogP contribution in [0.15, 0.2) is 48.8 Å². The van der Waals surface area contributed by atoms with Crippen LogP contribution in [0, 0.1) is 19.7 Å². The van der Waals surface area contributed by atoms with Crippen molar-refractivity contribution >= 4 is 34.8 Å². The van der Waals surface area contributed by atoms with E-state index in [-0.39, 0.29) is 16.9 Å². The number of aromatic nitrogens is 2. The molecule has 1 amide bonds. The van der Waals surface area contributed by atoms with Crippen LogP contribution in [-0.4, -0.2) is 15.9 Å². The van der Waals surface area contributed by atoms with Gasteiger partial charge in [-0.25, -0.2) is 14.4 Å². The van der Waals surface area contributed by atoms with Gasteiger partial charge >= 0.3 is 0 Å². The Bertz CT molecular complexity index is 940. The zero-order valence-corrected chi connectivity index (χ0v) is 14.9. The van der Waals surface area contributed by atoms with E-state index in [4.69, 9.17) is 11.6 Å². The highest BCUT2D eigenvalue weighted by molar-refractivity contribution is 6.31. The molecule has 0 saturated heterocycles. The van der Waals surface area contributed by atoms with Gasteiger partial charge in [0.1, 0.15) is 5.82 Å². The van der Waals surface area contributed by atoms with Crippen LogP contribution in [0.3, 0.4) is 0 Å². The monoisotopic (exact) mass is 370 g/mol. The summed E-state index contributed by atoms with van der Waals surface area (Å²) in [6.45, 7) is 3.86. The second-order valence-electron chi connectivity index (χ2n) is 5.77. The maximum absolute atomic E-state index is 13.2. The van der Waals surface area contributed by atoms with E-state index in [0.29, 0.717) is 11.3 Å². The number of halogens is 2. The number of rotatable bonds is 4. The van der Waals surface area contributed by atoms with Gasteiger partial charge in [0, 0.05) is 23.8 Å². The second-order valence-corrected chi connectivity index (χ2v) is 6.18. The Labute approximate surface area is 155 Å². The minimum Gasteiger partial charge on any atom is -0.324 e. The lowest BCUT2D eigenvalue weighted by Gasteiger charge is -2.11. The Morgan fingerprint density at radius 2 is 1.73 bits per heavy atom. The van der Waals surface area contributed by atoms with Crippen LogP contribution in [0.25, 0.3) is 0 Å². The first-order valence-corrected chi connectivity index (χ1v) is 8.23. The van der Waals surface area contributed by atoms with Crippen molar-refractivity contribution in [1.82, 2.24) is 9.97 Å². The number of carbonyl (C=O) groups excluding carboxylic acids is 1. The van der Waals surface area contributed by atoms with Crippen LogP contribution >= 0.6 is 11.6 Å². The van der Waals surface area contributed by atoms with E-state index in [1.807, 2.05) is 32.0 Å². The molecule has 0 fully saturated rings. The largest absolute Gasteiger partial charge is 0.324 e. The minimum absolute atomic E-state index is 0.000372. The molecule has 0 aliphatic carbocycles. The summed E-state index contributed by atoms with van der Waals surface area (Å²) in [5.74, 6) is -0.522. The van der Waals surface area contributed by atoms with E-state index in [1.165, 1.54) is 30.6 Å². The average molecular weight is 371 g/mol.